The number of aryl methyl sites for hydroxylation is 1. The van der Waals surface area contributed by atoms with Crippen molar-refractivity contribution >= 4 is 11.9 Å². The van der Waals surface area contributed by atoms with Gasteiger partial charge in [0.25, 0.3) is 5.91 Å². The molecule has 24 heavy (non-hydrogen) atoms. The number of carboxylic acids is 1. The molecule has 0 aliphatic heterocycles. The van der Waals surface area contributed by atoms with Crippen LogP contribution in [0.5, 0.6) is 0 Å². The summed E-state index contributed by atoms with van der Waals surface area (Å²) in [5.41, 5.74) is -0.497. The lowest BCUT2D eigenvalue weighted by Crippen LogP contribution is -2.51. The number of hydrogen-bond donors (Lipinski definition) is 2. The van der Waals surface area contributed by atoms with Gasteiger partial charge in [-0.3, -0.25) is 4.79 Å². The highest BCUT2D eigenvalue weighted by Crippen LogP contribution is 2.40. The Labute approximate surface area is 139 Å². The monoisotopic (exact) mass is 328 g/mol. The Morgan fingerprint density at radius 3 is 2.54 bits per heavy atom. The molecule has 2 aromatic rings. The van der Waals surface area contributed by atoms with Crippen molar-refractivity contribution < 1.29 is 19.1 Å². The molecular formula is C18H20N2O4. The van der Waals surface area contributed by atoms with Gasteiger partial charge in [-0.05, 0) is 31.7 Å². The zero-order valence-electron chi connectivity index (χ0n) is 13.7. The van der Waals surface area contributed by atoms with Gasteiger partial charge in [0.1, 0.15) is 0 Å². The third kappa shape index (κ3) is 2.79. The van der Waals surface area contributed by atoms with Crippen LogP contribution in [0.3, 0.4) is 0 Å². The fraction of sp³-hybridized carbons (Fsp3) is 0.389. The Kier molecular flexibility index (Phi) is 4.13. The number of aromatic nitrogens is 1. The predicted octanol–water partition coefficient (Wildman–Crippen LogP) is 2.98. The topological polar surface area (TPSA) is 92.4 Å². The number of amides is 1. The molecule has 1 aromatic carbocycles. The number of carbonyl (C=O) groups is 2. The van der Waals surface area contributed by atoms with Gasteiger partial charge in [0.15, 0.2) is 11.4 Å². The largest absolute Gasteiger partial charge is 0.479 e. The maximum absolute atomic E-state index is 12.7. The van der Waals surface area contributed by atoms with Gasteiger partial charge in [-0.25, -0.2) is 9.78 Å². The first-order chi connectivity index (χ1) is 11.5. The highest BCUT2D eigenvalue weighted by Gasteiger charge is 2.41. The quantitative estimate of drug-likeness (QED) is 0.850. The zero-order chi connectivity index (χ0) is 17.3. The number of nitrogens with zero attached hydrogens (tertiary/aromatic N) is 1. The Balaban J connectivity index is 1.93. The van der Waals surface area contributed by atoms with Crippen molar-refractivity contribution in [3.05, 3.63) is 53.2 Å². The molecule has 6 nitrogen and oxygen atoms in total. The molecule has 1 fully saturated rings. The number of aliphatic carboxylic acids is 1. The van der Waals surface area contributed by atoms with Gasteiger partial charge in [0.2, 0.25) is 5.76 Å². The lowest BCUT2D eigenvalue weighted by atomic mass is 9.87. The molecule has 2 N–H and O–H groups in total. The average Bonchev–Trinajstić information content (AvgIpc) is 3.35. The van der Waals surface area contributed by atoms with Crippen LogP contribution in [0.1, 0.15) is 59.8 Å². The first-order valence-corrected chi connectivity index (χ1v) is 8.06. The van der Waals surface area contributed by atoms with Crippen molar-refractivity contribution in [1.29, 1.82) is 0 Å². The second kappa shape index (κ2) is 6.11. The lowest BCUT2D eigenvalue weighted by Gasteiger charge is -2.29. The molecule has 1 heterocycles. The summed E-state index contributed by atoms with van der Waals surface area (Å²) < 4.78 is 5.59. The molecule has 3 rings (SSSR count). The Hall–Kier alpha value is -2.63. The summed E-state index contributed by atoms with van der Waals surface area (Å²) >= 11 is 0. The number of hydrogen-bond acceptors (Lipinski definition) is 4. The standard InChI is InChI=1S/C18H20N2O4/c1-3-18(17(22)23,13-7-5-4-6-8-13)20-15(21)14-11(2)19-16(24-14)12-9-10-12/h4-8,12H,3,9-10H2,1-2H3,(H,20,21)(H,22,23). The van der Waals surface area contributed by atoms with Gasteiger partial charge >= 0.3 is 5.97 Å². The van der Waals surface area contributed by atoms with Gasteiger partial charge in [-0.2, -0.15) is 0 Å². The molecular weight excluding hydrogens is 308 g/mol. The summed E-state index contributed by atoms with van der Waals surface area (Å²) in [6, 6.07) is 8.69. The molecule has 1 unspecified atom stereocenters. The summed E-state index contributed by atoms with van der Waals surface area (Å²) in [4.78, 5) is 28.9. The van der Waals surface area contributed by atoms with Crippen LogP contribution in [0.2, 0.25) is 0 Å². The van der Waals surface area contributed by atoms with Crippen LogP contribution >= 0.6 is 0 Å². The minimum absolute atomic E-state index is 0.0897. The molecule has 1 aliphatic rings. The molecule has 0 spiro atoms. The van der Waals surface area contributed by atoms with Crippen molar-refractivity contribution in [1.82, 2.24) is 10.3 Å². The zero-order valence-corrected chi connectivity index (χ0v) is 13.7. The molecule has 1 aromatic heterocycles. The van der Waals surface area contributed by atoms with Crippen LogP contribution in [-0.4, -0.2) is 22.0 Å². The fourth-order valence-electron chi connectivity index (χ4n) is 2.80. The van der Waals surface area contributed by atoms with E-state index in [1.807, 2.05) is 0 Å². The molecule has 0 radical (unpaired) electrons. The highest BCUT2D eigenvalue weighted by molar-refractivity contribution is 5.97. The van der Waals surface area contributed by atoms with Gasteiger partial charge < -0.3 is 14.8 Å². The third-order valence-electron chi connectivity index (χ3n) is 4.43. The van der Waals surface area contributed by atoms with E-state index in [0.29, 0.717) is 17.1 Å². The summed E-state index contributed by atoms with van der Waals surface area (Å²) in [6.45, 7) is 3.42. The van der Waals surface area contributed by atoms with Crippen LogP contribution in [-0.2, 0) is 10.3 Å². The number of carbonyl (C=O) groups excluding carboxylic acids is 1. The second-order valence-corrected chi connectivity index (χ2v) is 6.13. The molecule has 1 saturated carbocycles. The summed E-state index contributed by atoms with van der Waals surface area (Å²) in [7, 11) is 0. The van der Waals surface area contributed by atoms with Crippen LogP contribution in [0, 0.1) is 6.92 Å². The third-order valence-corrected chi connectivity index (χ3v) is 4.43. The van der Waals surface area contributed by atoms with Gasteiger partial charge in [-0.1, -0.05) is 37.3 Å². The molecule has 6 heteroatoms. The summed E-state index contributed by atoms with van der Waals surface area (Å²) in [5.74, 6) is -0.722. The number of carboxylic acid groups (broad SMARTS) is 1. The maximum Gasteiger partial charge on any atom is 0.334 e. The van der Waals surface area contributed by atoms with Crippen molar-refractivity contribution in [2.45, 2.75) is 44.6 Å². The van der Waals surface area contributed by atoms with E-state index < -0.39 is 17.4 Å². The smallest absolute Gasteiger partial charge is 0.334 e. The van der Waals surface area contributed by atoms with Crippen molar-refractivity contribution in [3.63, 3.8) is 0 Å². The summed E-state index contributed by atoms with van der Waals surface area (Å²) in [6.07, 6.45) is 2.23. The maximum atomic E-state index is 12.7. The number of rotatable bonds is 6. The SMILES string of the molecule is CCC(NC(=O)c1oc(C2CC2)nc1C)(C(=O)O)c1ccccc1. The Morgan fingerprint density at radius 2 is 2.00 bits per heavy atom. The first-order valence-electron chi connectivity index (χ1n) is 8.06. The fourth-order valence-corrected chi connectivity index (χ4v) is 2.80. The van der Waals surface area contributed by atoms with Crippen LogP contribution in [0.4, 0.5) is 0 Å². The van der Waals surface area contributed by atoms with Crippen LogP contribution < -0.4 is 5.32 Å². The van der Waals surface area contributed by atoms with E-state index in [-0.39, 0.29) is 18.1 Å². The van der Waals surface area contributed by atoms with Gasteiger partial charge in [0.05, 0.1) is 5.69 Å². The highest BCUT2D eigenvalue weighted by atomic mass is 16.4. The van der Waals surface area contributed by atoms with E-state index in [9.17, 15) is 14.7 Å². The number of nitrogens with one attached hydrogen (secondary N) is 1. The van der Waals surface area contributed by atoms with Crippen molar-refractivity contribution in [2.75, 3.05) is 0 Å². The first kappa shape index (κ1) is 16.2. The minimum Gasteiger partial charge on any atom is -0.479 e. The Morgan fingerprint density at radius 1 is 1.33 bits per heavy atom. The summed E-state index contributed by atoms with van der Waals surface area (Å²) in [5, 5.41) is 12.4. The van der Waals surface area contributed by atoms with Crippen molar-refractivity contribution in [2.24, 2.45) is 0 Å². The molecule has 0 bridgehead atoms. The molecule has 126 valence electrons. The van der Waals surface area contributed by atoms with E-state index in [1.165, 1.54) is 0 Å². The van der Waals surface area contributed by atoms with E-state index in [0.717, 1.165) is 12.8 Å². The molecule has 1 amide bonds. The van der Waals surface area contributed by atoms with Crippen molar-refractivity contribution in [3.8, 4) is 0 Å². The molecule has 1 aliphatic carbocycles. The van der Waals surface area contributed by atoms with Gasteiger partial charge in [-0.15, -0.1) is 0 Å². The molecule has 0 saturated heterocycles. The normalized spacial score (nSPS) is 16.4. The lowest BCUT2D eigenvalue weighted by molar-refractivity contribution is -0.145. The van der Waals surface area contributed by atoms with E-state index >= 15 is 0 Å². The minimum atomic E-state index is -1.50. The predicted molar refractivity (Wildman–Crippen MR) is 86.7 cm³/mol. The van der Waals surface area contributed by atoms with E-state index in [2.05, 4.69) is 10.3 Å². The van der Waals surface area contributed by atoms with Crippen LogP contribution in [0.15, 0.2) is 34.7 Å². The molecule has 1 atom stereocenters. The van der Waals surface area contributed by atoms with Crippen LogP contribution in [0.25, 0.3) is 0 Å². The van der Waals surface area contributed by atoms with E-state index in [1.54, 1.807) is 44.2 Å². The number of oxazole rings is 1. The second-order valence-electron chi connectivity index (χ2n) is 6.13. The van der Waals surface area contributed by atoms with Gasteiger partial charge in [0, 0.05) is 5.92 Å². The van der Waals surface area contributed by atoms with E-state index in [4.69, 9.17) is 4.42 Å². The number of benzene rings is 1. The average molecular weight is 328 g/mol. The Bertz CT molecular complexity index is 765.